The average Bonchev–Trinajstić information content (AvgIpc) is 2.24. The summed E-state index contributed by atoms with van der Waals surface area (Å²) in [6, 6.07) is 0. The summed E-state index contributed by atoms with van der Waals surface area (Å²) >= 11 is 0. The fraction of sp³-hybridized carbons (Fsp3) is 0.867. The van der Waals surface area contributed by atoms with Gasteiger partial charge >= 0.3 is 0 Å². The molecule has 0 spiro atoms. The number of hydrogen-bond donors (Lipinski definition) is 0. The van der Waals surface area contributed by atoms with Crippen LogP contribution in [0.15, 0.2) is 12.2 Å². The van der Waals surface area contributed by atoms with Crippen molar-refractivity contribution >= 4 is 0 Å². The van der Waals surface area contributed by atoms with E-state index in [0.29, 0.717) is 0 Å². The third-order valence-corrected chi connectivity index (χ3v) is 3.52. The molecule has 0 nitrogen and oxygen atoms in total. The van der Waals surface area contributed by atoms with Gasteiger partial charge in [-0.15, -0.1) is 0 Å². The van der Waals surface area contributed by atoms with Crippen molar-refractivity contribution in [2.45, 2.75) is 77.6 Å². The number of rotatable bonds is 0. The first-order chi connectivity index (χ1) is 7.39. The summed E-state index contributed by atoms with van der Waals surface area (Å²) in [5, 5.41) is 0. The molecule has 0 radical (unpaired) electrons. The molecular weight excluding hydrogens is 180 g/mol. The second kappa shape index (κ2) is 9.00. The highest BCUT2D eigenvalue weighted by Gasteiger charge is 2.00. The van der Waals surface area contributed by atoms with Crippen LogP contribution >= 0.6 is 0 Å². The standard InChI is InChI=1S/C15H28/c1-15-13-11-9-7-5-3-2-4-6-8-10-12-14-15/h9,11,15H,2-8,10,12-14H2,1H3/b11-9-. The van der Waals surface area contributed by atoms with Crippen molar-refractivity contribution in [2.24, 2.45) is 5.92 Å². The average molecular weight is 208 g/mol. The van der Waals surface area contributed by atoms with Gasteiger partial charge in [-0.25, -0.2) is 0 Å². The molecule has 0 fully saturated rings. The molecule has 0 heteroatoms. The van der Waals surface area contributed by atoms with Crippen molar-refractivity contribution < 1.29 is 0 Å². The molecule has 0 heterocycles. The Morgan fingerprint density at radius 1 is 0.733 bits per heavy atom. The second-order valence-electron chi connectivity index (χ2n) is 5.22. The monoisotopic (exact) mass is 208 g/mol. The van der Waals surface area contributed by atoms with E-state index in [0.717, 1.165) is 5.92 Å². The Balaban J connectivity index is 2.19. The van der Waals surface area contributed by atoms with E-state index >= 15 is 0 Å². The molecular formula is C15H28. The molecule has 0 aromatic carbocycles. The summed E-state index contributed by atoms with van der Waals surface area (Å²) in [5.41, 5.74) is 0. The molecule has 15 heavy (non-hydrogen) atoms. The Morgan fingerprint density at radius 3 is 2.07 bits per heavy atom. The van der Waals surface area contributed by atoms with E-state index in [1.54, 1.807) is 0 Å². The van der Waals surface area contributed by atoms with Gasteiger partial charge in [-0.2, -0.15) is 0 Å². The first-order valence-electron chi connectivity index (χ1n) is 7.04. The molecule has 0 aromatic heterocycles. The SMILES string of the molecule is CC1C/C=C\CCCCCCCCCC1. The highest BCUT2D eigenvalue weighted by Crippen LogP contribution is 2.17. The van der Waals surface area contributed by atoms with Gasteiger partial charge in [-0.05, 0) is 25.2 Å². The van der Waals surface area contributed by atoms with E-state index in [-0.39, 0.29) is 0 Å². The van der Waals surface area contributed by atoms with Crippen LogP contribution in [-0.4, -0.2) is 0 Å². The zero-order valence-corrected chi connectivity index (χ0v) is 10.5. The van der Waals surface area contributed by atoms with Crippen LogP contribution in [0.4, 0.5) is 0 Å². The van der Waals surface area contributed by atoms with Crippen LogP contribution in [0.1, 0.15) is 77.6 Å². The summed E-state index contributed by atoms with van der Waals surface area (Å²) in [6.45, 7) is 2.40. The fourth-order valence-electron chi connectivity index (χ4n) is 2.38. The number of hydrogen-bond acceptors (Lipinski definition) is 0. The highest BCUT2D eigenvalue weighted by atomic mass is 14.1. The highest BCUT2D eigenvalue weighted by molar-refractivity contribution is 4.83. The van der Waals surface area contributed by atoms with Gasteiger partial charge in [0.05, 0.1) is 0 Å². The lowest BCUT2D eigenvalue weighted by Gasteiger charge is -2.09. The molecule has 0 amide bonds. The molecule has 0 aliphatic heterocycles. The lowest BCUT2D eigenvalue weighted by molar-refractivity contribution is 0.481. The van der Waals surface area contributed by atoms with Gasteiger partial charge in [-0.1, -0.05) is 70.4 Å². The molecule has 0 saturated carbocycles. The maximum Gasteiger partial charge on any atom is -0.0325 e. The zero-order valence-electron chi connectivity index (χ0n) is 10.5. The smallest absolute Gasteiger partial charge is 0.0325 e. The van der Waals surface area contributed by atoms with Crippen molar-refractivity contribution in [3.8, 4) is 0 Å². The van der Waals surface area contributed by atoms with Gasteiger partial charge in [0.15, 0.2) is 0 Å². The first kappa shape index (κ1) is 12.8. The van der Waals surface area contributed by atoms with E-state index in [9.17, 15) is 0 Å². The Kier molecular flexibility index (Phi) is 7.69. The quantitative estimate of drug-likeness (QED) is 0.462. The van der Waals surface area contributed by atoms with Gasteiger partial charge in [0.2, 0.25) is 0 Å². The molecule has 1 atom stereocenters. The van der Waals surface area contributed by atoms with E-state index in [2.05, 4.69) is 19.1 Å². The van der Waals surface area contributed by atoms with Crippen LogP contribution in [0.2, 0.25) is 0 Å². The molecule has 0 bridgehead atoms. The molecule has 1 aliphatic carbocycles. The Labute approximate surface area is 96.2 Å². The van der Waals surface area contributed by atoms with Gasteiger partial charge in [0.1, 0.15) is 0 Å². The van der Waals surface area contributed by atoms with Crippen molar-refractivity contribution in [2.75, 3.05) is 0 Å². The van der Waals surface area contributed by atoms with Crippen LogP contribution in [0.25, 0.3) is 0 Å². The maximum absolute atomic E-state index is 2.41. The van der Waals surface area contributed by atoms with E-state index in [1.165, 1.54) is 70.6 Å². The van der Waals surface area contributed by atoms with Crippen molar-refractivity contribution in [1.29, 1.82) is 0 Å². The minimum atomic E-state index is 0.907. The van der Waals surface area contributed by atoms with Crippen molar-refractivity contribution in [1.82, 2.24) is 0 Å². The Morgan fingerprint density at radius 2 is 1.33 bits per heavy atom. The van der Waals surface area contributed by atoms with Crippen LogP contribution < -0.4 is 0 Å². The third-order valence-electron chi connectivity index (χ3n) is 3.52. The lowest BCUT2D eigenvalue weighted by Crippen LogP contribution is -1.93. The Hall–Kier alpha value is -0.260. The third kappa shape index (κ3) is 7.64. The summed E-state index contributed by atoms with van der Waals surface area (Å²) in [4.78, 5) is 0. The molecule has 0 N–H and O–H groups in total. The fourth-order valence-corrected chi connectivity index (χ4v) is 2.38. The van der Waals surface area contributed by atoms with Gasteiger partial charge < -0.3 is 0 Å². The summed E-state index contributed by atoms with van der Waals surface area (Å²) in [5.74, 6) is 0.907. The van der Waals surface area contributed by atoms with E-state index < -0.39 is 0 Å². The lowest BCUT2D eigenvalue weighted by atomic mass is 9.97. The first-order valence-corrected chi connectivity index (χ1v) is 7.04. The van der Waals surface area contributed by atoms with Crippen LogP contribution in [0.5, 0.6) is 0 Å². The van der Waals surface area contributed by atoms with Gasteiger partial charge in [0, 0.05) is 0 Å². The molecule has 1 aliphatic rings. The zero-order chi connectivity index (χ0) is 10.8. The largest absolute Gasteiger partial charge is 0.0885 e. The minimum absolute atomic E-state index is 0.907. The molecule has 1 unspecified atom stereocenters. The topological polar surface area (TPSA) is 0 Å². The normalized spacial score (nSPS) is 29.3. The van der Waals surface area contributed by atoms with Crippen LogP contribution in [-0.2, 0) is 0 Å². The summed E-state index contributed by atoms with van der Waals surface area (Å²) in [7, 11) is 0. The summed E-state index contributed by atoms with van der Waals surface area (Å²) < 4.78 is 0. The van der Waals surface area contributed by atoms with Crippen LogP contribution in [0, 0.1) is 5.92 Å². The number of allylic oxidation sites excluding steroid dienone is 2. The maximum atomic E-state index is 2.41. The molecule has 0 saturated heterocycles. The van der Waals surface area contributed by atoms with Gasteiger partial charge in [0.25, 0.3) is 0 Å². The second-order valence-corrected chi connectivity index (χ2v) is 5.22. The van der Waals surface area contributed by atoms with E-state index in [4.69, 9.17) is 0 Å². The molecule has 88 valence electrons. The van der Waals surface area contributed by atoms with Crippen molar-refractivity contribution in [3.63, 3.8) is 0 Å². The van der Waals surface area contributed by atoms with Crippen LogP contribution in [0.3, 0.4) is 0 Å². The molecule has 0 aromatic rings. The Bertz CT molecular complexity index is 157. The predicted octanol–water partition coefficient (Wildman–Crippen LogP) is 5.48. The summed E-state index contributed by atoms with van der Waals surface area (Å²) in [6.07, 6.45) is 20.5. The predicted molar refractivity (Wildman–Crippen MR) is 69.1 cm³/mol. The minimum Gasteiger partial charge on any atom is -0.0885 e. The van der Waals surface area contributed by atoms with Crippen molar-refractivity contribution in [3.05, 3.63) is 12.2 Å². The van der Waals surface area contributed by atoms with E-state index in [1.807, 2.05) is 0 Å². The van der Waals surface area contributed by atoms with Gasteiger partial charge in [-0.3, -0.25) is 0 Å². The molecule has 1 rings (SSSR count).